The zero-order valence-electron chi connectivity index (χ0n) is 17.0. The molecular formula is C23H25ClN2O5. The molecule has 3 rings (SSSR count). The summed E-state index contributed by atoms with van der Waals surface area (Å²) in [4.78, 5) is 35.3. The van der Waals surface area contributed by atoms with Crippen molar-refractivity contribution >= 4 is 29.4 Å². The molecule has 1 aliphatic rings. The van der Waals surface area contributed by atoms with E-state index in [-0.39, 0.29) is 23.8 Å². The molecule has 8 heteroatoms. The molecule has 0 aliphatic heterocycles. The van der Waals surface area contributed by atoms with E-state index >= 15 is 0 Å². The van der Waals surface area contributed by atoms with Crippen LogP contribution in [0.3, 0.4) is 0 Å². The molecule has 31 heavy (non-hydrogen) atoms. The molecule has 0 unspecified atom stereocenters. The SMILES string of the molecule is O=C(NCCNC(=O)c1ccc(O[C@H]2CC[C@H](C(=O)O)CC2)cc1)c1ccc(Cl)cc1. The number of ether oxygens (including phenoxy) is 1. The highest BCUT2D eigenvalue weighted by Gasteiger charge is 2.26. The minimum Gasteiger partial charge on any atom is -0.490 e. The number of hydrogen-bond donors (Lipinski definition) is 3. The van der Waals surface area contributed by atoms with Crippen LogP contribution in [0.5, 0.6) is 5.75 Å². The summed E-state index contributed by atoms with van der Waals surface area (Å²) in [5.41, 5.74) is 0.994. The molecule has 0 heterocycles. The fraction of sp³-hybridized carbons (Fsp3) is 0.348. The van der Waals surface area contributed by atoms with Crippen molar-refractivity contribution in [3.8, 4) is 5.75 Å². The van der Waals surface area contributed by atoms with Gasteiger partial charge in [0.2, 0.25) is 0 Å². The predicted molar refractivity (Wildman–Crippen MR) is 117 cm³/mol. The molecule has 2 aromatic rings. The molecule has 2 amide bonds. The number of carboxylic acids is 1. The summed E-state index contributed by atoms with van der Waals surface area (Å²) in [6.07, 6.45) is 2.66. The van der Waals surface area contributed by atoms with Gasteiger partial charge >= 0.3 is 5.97 Å². The van der Waals surface area contributed by atoms with Gasteiger partial charge in [0, 0.05) is 29.2 Å². The average molecular weight is 445 g/mol. The first-order valence-corrected chi connectivity index (χ1v) is 10.6. The van der Waals surface area contributed by atoms with Gasteiger partial charge in [-0.15, -0.1) is 0 Å². The van der Waals surface area contributed by atoms with Crippen LogP contribution in [0.1, 0.15) is 46.4 Å². The number of carbonyl (C=O) groups is 3. The van der Waals surface area contributed by atoms with Crippen LogP contribution in [0.25, 0.3) is 0 Å². The van der Waals surface area contributed by atoms with Crippen molar-refractivity contribution in [3.63, 3.8) is 0 Å². The second-order valence-electron chi connectivity index (χ2n) is 7.47. The number of carboxylic acid groups (broad SMARTS) is 1. The predicted octanol–water partition coefficient (Wildman–Crippen LogP) is 3.52. The van der Waals surface area contributed by atoms with Gasteiger partial charge < -0.3 is 20.5 Å². The lowest BCUT2D eigenvalue weighted by atomic mass is 9.87. The summed E-state index contributed by atoms with van der Waals surface area (Å²) < 4.78 is 5.91. The van der Waals surface area contributed by atoms with E-state index in [0.717, 1.165) is 0 Å². The van der Waals surface area contributed by atoms with Gasteiger partial charge in [-0.2, -0.15) is 0 Å². The molecule has 0 atom stereocenters. The maximum Gasteiger partial charge on any atom is 0.306 e. The summed E-state index contributed by atoms with van der Waals surface area (Å²) in [7, 11) is 0. The van der Waals surface area contributed by atoms with Crippen molar-refractivity contribution in [2.75, 3.05) is 13.1 Å². The van der Waals surface area contributed by atoms with Crippen LogP contribution in [0.4, 0.5) is 0 Å². The summed E-state index contributed by atoms with van der Waals surface area (Å²) in [5, 5.41) is 15.1. The van der Waals surface area contributed by atoms with E-state index in [1.807, 2.05) is 0 Å². The fourth-order valence-corrected chi connectivity index (χ4v) is 3.59. The molecule has 0 aromatic heterocycles. The van der Waals surface area contributed by atoms with E-state index in [1.54, 1.807) is 48.5 Å². The average Bonchev–Trinajstić information content (AvgIpc) is 2.78. The molecule has 0 saturated heterocycles. The van der Waals surface area contributed by atoms with Crippen molar-refractivity contribution in [1.82, 2.24) is 10.6 Å². The molecule has 2 aromatic carbocycles. The standard InChI is InChI=1S/C23H25ClN2O5/c24-18-7-1-15(2-8-18)21(27)25-13-14-26-22(28)16-3-9-19(10-4-16)31-20-11-5-17(6-12-20)23(29)30/h1-4,7-10,17,20H,5-6,11-14H2,(H,25,27)(H,26,28)(H,29,30)/t17-,20-. The normalized spacial score (nSPS) is 18.1. The molecule has 0 spiro atoms. The first kappa shape index (κ1) is 22.6. The quantitative estimate of drug-likeness (QED) is 0.540. The Morgan fingerprint density at radius 1 is 0.839 bits per heavy atom. The molecule has 3 N–H and O–H groups in total. The Balaban J connectivity index is 1.38. The van der Waals surface area contributed by atoms with Crippen LogP contribution >= 0.6 is 11.6 Å². The molecule has 164 valence electrons. The van der Waals surface area contributed by atoms with Crippen LogP contribution in [0, 0.1) is 5.92 Å². The van der Waals surface area contributed by atoms with Gasteiger partial charge in [-0.05, 0) is 74.2 Å². The van der Waals surface area contributed by atoms with E-state index in [2.05, 4.69) is 10.6 Å². The molecule has 1 aliphatic carbocycles. The highest BCUT2D eigenvalue weighted by Crippen LogP contribution is 2.28. The summed E-state index contributed by atoms with van der Waals surface area (Å²) in [6.45, 7) is 0.594. The maximum absolute atomic E-state index is 12.3. The molecule has 0 bridgehead atoms. The lowest BCUT2D eigenvalue weighted by molar-refractivity contribution is -0.143. The summed E-state index contributed by atoms with van der Waals surface area (Å²) in [6, 6.07) is 13.4. The fourth-order valence-electron chi connectivity index (χ4n) is 3.46. The largest absolute Gasteiger partial charge is 0.490 e. The Labute approximate surface area is 185 Å². The molecule has 1 fully saturated rings. The Kier molecular flexibility index (Phi) is 7.89. The van der Waals surface area contributed by atoms with Crippen molar-refractivity contribution in [1.29, 1.82) is 0 Å². The third kappa shape index (κ3) is 6.72. The van der Waals surface area contributed by atoms with Gasteiger partial charge in [-0.25, -0.2) is 0 Å². The molecule has 7 nitrogen and oxygen atoms in total. The Hall–Kier alpha value is -3.06. The minimum absolute atomic E-state index is 0.000437. The Bertz CT molecular complexity index is 907. The van der Waals surface area contributed by atoms with Crippen LogP contribution in [-0.4, -0.2) is 42.1 Å². The third-order valence-electron chi connectivity index (χ3n) is 5.25. The van der Waals surface area contributed by atoms with Gasteiger partial charge in [0.25, 0.3) is 11.8 Å². The molecular weight excluding hydrogens is 420 g/mol. The summed E-state index contributed by atoms with van der Waals surface area (Å²) in [5.74, 6) is -0.829. The lowest BCUT2D eigenvalue weighted by Crippen LogP contribution is -2.34. The zero-order chi connectivity index (χ0) is 22.2. The Morgan fingerprint density at radius 3 is 1.81 bits per heavy atom. The van der Waals surface area contributed by atoms with Gasteiger partial charge in [0.15, 0.2) is 0 Å². The number of hydrogen-bond acceptors (Lipinski definition) is 4. The van der Waals surface area contributed by atoms with Crippen LogP contribution < -0.4 is 15.4 Å². The molecule has 1 saturated carbocycles. The zero-order valence-corrected chi connectivity index (χ0v) is 17.7. The van der Waals surface area contributed by atoms with Crippen molar-refractivity contribution < 1.29 is 24.2 Å². The van der Waals surface area contributed by atoms with Gasteiger partial charge in [0.1, 0.15) is 5.75 Å². The number of nitrogens with one attached hydrogen (secondary N) is 2. The summed E-state index contributed by atoms with van der Waals surface area (Å²) >= 11 is 5.80. The number of carbonyl (C=O) groups excluding carboxylic acids is 2. The maximum atomic E-state index is 12.3. The Morgan fingerprint density at radius 2 is 1.32 bits per heavy atom. The minimum atomic E-state index is -0.738. The van der Waals surface area contributed by atoms with Crippen LogP contribution in [0.2, 0.25) is 5.02 Å². The lowest BCUT2D eigenvalue weighted by Gasteiger charge is -2.26. The number of amides is 2. The molecule has 0 radical (unpaired) electrons. The first-order valence-electron chi connectivity index (χ1n) is 10.2. The smallest absolute Gasteiger partial charge is 0.306 e. The number of rotatable bonds is 8. The van der Waals surface area contributed by atoms with Crippen LogP contribution in [-0.2, 0) is 4.79 Å². The highest BCUT2D eigenvalue weighted by molar-refractivity contribution is 6.30. The second kappa shape index (κ2) is 10.8. The van der Waals surface area contributed by atoms with Crippen molar-refractivity contribution in [2.24, 2.45) is 5.92 Å². The third-order valence-corrected chi connectivity index (χ3v) is 5.50. The monoisotopic (exact) mass is 444 g/mol. The van der Waals surface area contributed by atoms with E-state index in [4.69, 9.17) is 21.4 Å². The van der Waals surface area contributed by atoms with Crippen LogP contribution in [0.15, 0.2) is 48.5 Å². The number of aliphatic carboxylic acids is 1. The van der Waals surface area contributed by atoms with E-state index in [1.165, 1.54) is 0 Å². The number of halogens is 1. The van der Waals surface area contributed by atoms with Crippen molar-refractivity contribution in [3.05, 3.63) is 64.7 Å². The van der Waals surface area contributed by atoms with Gasteiger partial charge in [0.05, 0.1) is 12.0 Å². The van der Waals surface area contributed by atoms with Gasteiger partial charge in [-0.3, -0.25) is 14.4 Å². The van der Waals surface area contributed by atoms with Crippen molar-refractivity contribution in [2.45, 2.75) is 31.8 Å². The van der Waals surface area contributed by atoms with Gasteiger partial charge in [-0.1, -0.05) is 11.6 Å². The first-order chi connectivity index (χ1) is 14.9. The topological polar surface area (TPSA) is 105 Å². The second-order valence-corrected chi connectivity index (χ2v) is 7.91. The van der Waals surface area contributed by atoms with E-state index < -0.39 is 5.97 Å². The number of benzene rings is 2. The van der Waals surface area contributed by atoms with E-state index in [9.17, 15) is 14.4 Å². The van der Waals surface area contributed by atoms with E-state index in [0.29, 0.717) is 60.7 Å². The highest BCUT2D eigenvalue weighted by atomic mass is 35.5.